The maximum atomic E-state index is 12.2. The molecule has 0 saturated carbocycles. The van der Waals surface area contributed by atoms with Crippen LogP contribution in [0.1, 0.15) is 66.9 Å². The highest BCUT2D eigenvalue weighted by Gasteiger charge is 2.32. The van der Waals surface area contributed by atoms with E-state index in [2.05, 4.69) is 24.1 Å². The molecule has 2 rings (SSSR count). The average molecular weight is 304 g/mol. The average Bonchev–Trinajstić information content (AvgIpc) is 2.35. The van der Waals surface area contributed by atoms with Gasteiger partial charge in [-0.2, -0.15) is 0 Å². The number of rotatable bonds is 4. The lowest BCUT2D eigenvalue weighted by atomic mass is 9.75. The topological polar surface area (TPSA) is 79.0 Å². The Morgan fingerprint density at radius 1 is 1.32 bits per heavy atom. The molecule has 0 radical (unpaired) electrons. The molecule has 5 heteroatoms. The summed E-state index contributed by atoms with van der Waals surface area (Å²) in [7, 11) is 0. The molecule has 1 heterocycles. The third-order valence-electron chi connectivity index (χ3n) is 3.97. The predicted molar refractivity (Wildman–Crippen MR) is 85.3 cm³/mol. The summed E-state index contributed by atoms with van der Waals surface area (Å²) in [6.07, 6.45) is 1.92. The minimum atomic E-state index is -0.425. The van der Waals surface area contributed by atoms with Crippen LogP contribution in [0.2, 0.25) is 0 Å². The second-order valence-corrected chi connectivity index (χ2v) is 7.28. The molecule has 0 aromatic carbocycles. The lowest BCUT2D eigenvalue weighted by Gasteiger charge is -2.29. The molecule has 2 N–H and O–H groups in total. The molecule has 0 spiro atoms. The number of amides is 1. The van der Waals surface area contributed by atoms with Gasteiger partial charge in [-0.3, -0.25) is 14.4 Å². The predicted octanol–water partition coefficient (Wildman–Crippen LogP) is 2.31. The summed E-state index contributed by atoms with van der Waals surface area (Å²) in [4.78, 5) is 39.2. The van der Waals surface area contributed by atoms with Gasteiger partial charge >= 0.3 is 0 Å². The Hall–Kier alpha value is -1.91. The number of aromatic amines is 1. The summed E-state index contributed by atoms with van der Waals surface area (Å²) >= 11 is 0. The van der Waals surface area contributed by atoms with Gasteiger partial charge < -0.3 is 10.3 Å². The van der Waals surface area contributed by atoms with E-state index in [4.69, 9.17) is 0 Å². The summed E-state index contributed by atoms with van der Waals surface area (Å²) in [5.74, 6) is 0.0481. The molecular weight excluding hydrogens is 280 g/mol. The Morgan fingerprint density at radius 3 is 2.64 bits per heavy atom. The van der Waals surface area contributed by atoms with Crippen LogP contribution in [-0.4, -0.2) is 23.2 Å². The first-order valence-corrected chi connectivity index (χ1v) is 7.77. The highest BCUT2D eigenvalue weighted by molar-refractivity contribution is 6.02. The first-order valence-electron chi connectivity index (χ1n) is 7.77. The van der Waals surface area contributed by atoms with E-state index in [0.29, 0.717) is 36.6 Å². The van der Waals surface area contributed by atoms with Crippen LogP contribution in [0.25, 0.3) is 0 Å². The Morgan fingerprint density at radius 2 is 2.00 bits per heavy atom. The number of carbonyl (C=O) groups is 2. The highest BCUT2D eigenvalue weighted by Crippen LogP contribution is 2.33. The standard InChI is InChI=1S/C17H24N2O3/c1-10(2)5-6-18-15(21)12-7-11-13(19-16(12)22)8-17(3,4)9-14(11)20/h7,10H,5-6,8-9H2,1-4H3,(H,18,21)(H,19,22). The first kappa shape index (κ1) is 16.5. The number of hydrogen-bond acceptors (Lipinski definition) is 3. The number of pyridine rings is 1. The van der Waals surface area contributed by atoms with Crippen molar-refractivity contribution in [1.29, 1.82) is 0 Å². The molecule has 0 aliphatic heterocycles. The minimum absolute atomic E-state index is 0.0151. The van der Waals surface area contributed by atoms with Crippen molar-refractivity contribution in [3.63, 3.8) is 0 Å². The largest absolute Gasteiger partial charge is 0.352 e. The van der Waals surface area contributed by atoms with Gasteiger partial charge in [-0.1, -0.05) is 27.7 Å². The van der Waals surface area contributed by atoms with E-state index in [-0.39, 0.29) is 16.8 Å². The van der Waals surface area contributed by atoms with Gasteiger partial charge in [-0.25, -0.2) is 0 Å². The molecular formula is C17H24N2O3. The van der Waals surface area contributed by atoms with Gasteiger partial charge in [-0.05, 0) is 30.2 Å². The SMILES string of the molecule is CC(C)CCNC(=O)c1cc2c([nH]c1=O)CC(C)(C)CC2=O. The van der Waals surface area contributed by atoms with E-state index in [1.54, 1.807) is 0 Å². The van der Waals surface area contributed by atoms with E-state index in [9.17, 15) is 14.4 Å². The summed E-state index contributed by atoms with van der Waals surface area (Å²) in [5.41, 5.74) is 0.563. The van der Waals surface area contributed by atoms with Gasteiger partial charge in [0.1, 0.15) is 5.56 Å². The lowest BCUT2D eigenvalue weighted by Crippen LogP contribution is -2.35. The Balaban J connectivity index is 2.25. The quantitative estimate of drug-likeness (QED) is 0.896. The molecule has 0 bridgehead atoms. The van der Waals surface area contributed by atoms with Crippen molar-refractivity contribution in [2.24, 2.45) is 11.3 Å². The summed E-state index contributed by atoms with van der Waals surface area (Å²) in [6.45, 7) is 8.65. The van der Waals surface area contributed by atoms with Crippen molar-refractivity contribution in [2.45, 2.75) is 47.0 Å². The van der Waals surface area contributed by atoms with Crippen LogP contribution in [0.4, 0.5) is 0 Å². The minimum Gasteiger partial charge on any atom is -0.352 e. The Kier molecular flexibility index (Phi) is 4.54. The third-order valence-corrected chi connectivity index (χ3v) is 3.97. The van der Waals surface area contributed by atoms with Crippen molar-refractivity contribution in [3.05, 3.63) is 33.2 Å². The van der Waals surface area contributed by atoms with Gasteiger partial charge in [0, 0.05) is 24.2 Å². The molecule has 120 valence electrons. The maximum Gasteiger partial charge on any atom is 0.261 e. The molecule has 1 aliphatic rings. The zero-order valence-electron chi connectivity index (χ0n) is 13.7. The monoisotopic (exact) mass is 304 g/mol. The van der Waals surface area contributed by atoms with E-state index < -0.39 is 11.5 Å². The zero-order chi connectivity index (χ0) is 16.5. The molecule has 1 aromatic rings. The van der Waals surface area contributed by atoms with Crippen molar-refractivity contribution >= 4 is 11.7 Å². The number of ketones is 1. The van der Waals surface area contributed by atoms with E-state index >= 15 is 0 Å². The molecule has 5 nitrogen and oxygen atoms in total. The third kappa shape index (κ3) is 3.64. The number of Topliss-reactive ketones (excluding diaryl/α,β-unsaturated/α-hetero) is 1. The Bertz CT molecular complexity index is 656. The van der Waals surface area contributed by atoms with E-state index in [0.717, 1.165) is 6.42 Å². The number of fused-ring (bicyclic) bond motifs is 1. The Labute approximate surface area is 130 Å². The summed E-state index contributed by atoms with van der Waals surface area (Å²) in [5, 5.41) is 2.74. The molecule has 22 heavy (non-hydrogen) atoms. The van der Waals surface area contributed by atoms with Crippen molar-refractivity contribution < 1.29 is 9.59 Å². The van der Waals surface area contributed by atoms with Gasteiger partial charge in [0.25, 0.3) is 11.5 Å². The fourth-order valence-corrected chi connectivity index (χ4v) is 2.77. The molecule has 0 unspecified atom stereocenters. The van der Waals surface area contributed by atoms with Crippen LogP contribution in [0.15, 0.2) is 10.9 Å². The number of nitrogens with one attached hydrogen (secondary N) is 2. The normalized spacial score (nSPS) is 16.5. The van der Waals surface area contributed by atoms with Crippen LogP contribution >= 0.6 is 0 Å². The van der Waals surface area contributed by atoms with E-state index in [1.807, 2.05) is 13.8 Å². The van der Waals surface area contributed by atoms with Gasteiger partial charge in [0.2, 0.25) is 0 Å². The van der Waals surface area contributed by atoms with Crippen LogP contribution in [0, 0.1) is 11.3 Å². The van der Waals surface area contributed by atoms with Crippen molar-refractivity contribution in [2.75, 3.05) is 6.54 Å². The fourth-order valence-electron chi connectivity index (χ4n) is 2.77. The van der Waals surface area contributed by atoms with Gasteiger partial charge in [-0.15, -0.1) is 0 Å². The second-order valence-electron chi connectivity index (χ2n) is 7.28. The molecule has 0 saturated heterocycles. The molecule has 1 aromatic heterocycles. The van der Waals surface area contributed by atoms with Gasteiger partial charge in [0.15, 0.2) is 5.78 Å². The van der Waals surface area contributed by atoms with Crippen LogP contribution in [0.5, 0.6) is 0 Å². The smallest absolute Gasteiger partial charge is 0.261 e. The molecule has 1 aliphatic carbocycles. The second kappa shape index (κ2) is 6.07. The number of carbonyl (C=O) groups excluding carboxylic acids is 2. The van der Waals surface area contributed by atoms with Crippen LogP contribution in [0.3, 0.4) is 0 Å². The van der Waals surface area contributed by atoms with E-state index in [1.165, 1.54) is 6.07 Å². The summed E-state index contributed by atoms with van der Waals surface area (Å²) in [6, 6.07) is 1.45. The molecule has 1 amide bonds. The van der Waals surface area contributed by atoms with Crippen LogP contribution < -0.4 is 10.9 Å². The number of hydrogen-bond donors (Lipinski definition) is 2. The fraction of sp³-hybridized carbons (Fsp3) is 0.588. The van der Waals surface area contributed by atoms with Crippen molar-refractivity contribution in [1.82, 2.24) is 10.3 Å². The van der Waals surface area contributed by atoms with Crippen LogP contribution in [-0.2, 0) is 6.42 Å². The lowest BCUT2D eigenvalue weighted by molar-refractivity contribution is 0.0910. The zero-order valence-corrected chi connectivity index (χ0v) is 13.7. The first-order chi connectivity index (χ1) is 10.2. The number of aromatic nitrogens is 1. The molecule has 0 atom stereocenters. The van der Waals surface area contributed by atoms with Crippen molar-refractivity contribution in [3.8, 4) is 0 Å². The maximum absolute atomic E-state index is 12.2. The van der Waals surface area contributed by atoms with Gasteiger partial charge in [0.05, 0.1) is 0 Å². The molecule has 0 fully saturated rings. The number of H-pyrrole nitrogens is 1. The highest BCUT2D eigenvalue weighted by atomic mass is 16.2. The summed E-state index contributed by atoms with van der Waals surface area (Å²) < 4.78 is 0.